The van der Waals surface area contributed by atoms with Crippen molar-refractivity contribution in [2.45, 2.75) is 25.6 Å². The minimum atomic E-state index is -4.60. The monoisotopic (exact) mass is 368 g/mol. The van der Waals surface area contributed by atoms with Crippen molar-refractivity contribution < 1.29 is 18.0 Å². The normalized spacial score (nSPS) is 16.7. The second kappa shape index (κ2) is 6.59. The van der Waals surface area contributed by atoms with E-state index in [1.54, 1.807) is 0 Å². The topological polar surface area (TPSA) is 32.3 Å². The molecule has 25 heavy (non-hydrogen) atoms. The maximum Gasteiger partial charge on any atom is 0.418 e. The Morgan fingerprint density at radius 3 is 2.68 bits per heavy atom. The number of benzene rings is 2. The van der Waals surface area contributed by atoms with Crippen molar-refractivity contribution in [2.75, 3.05) is 16.8 Å². The molecule has 1 unspecified atom stereocenters. The summed E-state index contributed by atoms with van der Waals surface area (Å²) in [5.74, 6) is -0.540. The van der Waals surface area contributed by atoms with E-state index in [9.17, 15) is 18.0 Å². The predicted molar refractivity (Wildman–Crippen MR) is 92.0 cm³/mol. The lowest BCUT2D eigenvalue weighted by atomic mass is 10.1. The molecular formula is C18H16ClF3N2O. The number of anilines is 2. The van der Waals surface area contributed by atoms with E-state index in [0.29, 0.717) is 0 Å². The molecule has 0 radical (unpaired) electrons. The minimum absolute atomic E-state index is 0.0410. The predicted octanol–water partition coefficient (Wildman–Crippen LogP) is 4.75. The number of hydrogen-bond acceptors (Lipinski definition) is 2. The summed E-state index contributed by atoms with van der Waals surface area (Å²) < 4.78 is 39.4. The molecular weight excluding hydrogens is 353 g/mol. The SMILES string of the molecule is CC1Cc2ccccc2N1CC(=O)Nc1c(Cl)cccc1C(F)(F)F. The van der Waals surface area contributed by atoms with Gasteiger partial charge in [0, 0.05) is 11.7 Å². The largest absolute Gasteiger partial charge is 0.418 e. The first-order valence-electron chi connectivity index (χ1n) is 7.77. The van der Waals surface area contributed by atoms with Crippen LogP contribution in [0.2, 0.25) is 5.02 Å². The molecule has 1 amide bonds. The van der Waals surface area contributed by atoms with Gasteiger partial charge in [0.25, 0.3) is 0 Å². The molecule has 0 saturated carbocycles. The third-order valence-corrected chi connectivity index (χ3v) is 4.56. The highest BCUT2D eigenvalue weighted by atomic mass is 35.5. The summed E-state index contributed by atoms with van der Waals surface area (Å²) in [4.78, 5) is 14.3. The molecule has 1 aliphatic heterocycles. The Bertz CT molecular complexity index is 807. The molecule has 2 aromatic rings. The van der Waals surface area contributed by atoms with Crippen LogP contribution >= 0.6 is 11.6 Å². The average molecular weight is 369 g/mol. The Morgan fingerprint density at radius 1 is 1.24 bits per heavy atom. The number of halogens is 4. The van der Waals surface area contributed by atoms with Gasteiger partial charge >= 0.3 is 6.18 Å². The maximum atomic E-state index is 13.1. The fourth-order valence-corrected chi connectivity index (χ4v) is 3.31. The van der Waals surface area contributed by atoms with Gasteiger partial charge in [0.2, 0.25) is 5.91 Å². The van der Waals surface area contributed by atoms with E-state index in [-0.39, 0.29) is 17.6 Å². The van der Waals surface area contributed by atoms with Gasteiger partial charge in [0.15, 0.2) is 0 Å². The molecule has 0 aliphatic carbocycles. The Morgan fingerprint density at radius 2 is 1.96 bits per heavy atom. The molecule has 3 rings (SSSR count). The highest BCUT2D eigenvalue weighted by Crippen LogP contribution is 2.38. The lowest BCUT2D eigenvalue weighted by molar-refractivity contribution is -0.137. The molecule has 3 nitrogen and oxygen atoms in total. The Kier molecular flexibility index (Phi) is 4.64. The summed E-state index contributed by atoms with van der Waals surface area (Å²) in [6, 6.07) is 11.2. The van der Waals surface area contributed by atoms with Crippen LogP contribution < -0.4 is 10.2 Å². The third-order valence-electron chi connectivity index (χ3n) is 4.25. The fraction of sp³-hybridized carbons (Fsp3) is 0.278. The Hall–Kier alpha value is -2.21. The van der Waals surface area contributed by atoms with Crippen LogP contribution in [-0.2, 0) is 17.4 Å². The Labute approximate surface area is 148 Å². The molecule has 1 N–H and O–H groups in total. The number of hydrogen-bond donors (Lipinski definition) is 1. The van der Waals surface area contributed by atoms with Crippen LogP contribution in [0.3, 0.4) is 0 Å². The zero-order chi connectivity index (χ0) is 18.2. The first-order valence-corrected chi connectivity index (χ1v) is 8.15. The Balaban J connectivity index is 1.81. The molecule has 0 fully saturated rings. The van der Waals surface area contributed by atoms with E-state index in [4.69, 9.17) is 11.6 Å². The third kappa shape index (κ3) is 3.58. The summed E-state index contributed by atoms with van der Waals surface area (Å²) in [5.41, 5.74) is 0.696. The summed E-state index contributed by atoms with van der Waals surface area (Å²) >= 11 is 5.88. The summed E-state index contributed by atoms with van der Waals surface area (Å²) in [7, 11) is 0. The van der Waals surface area contributed by atoms with Crippen molar-refractivity contribution in [1.29, 1.82) is 0 Å². The molecule has 0 aromatic heterocycles. The first-order chi connectivity index (χ1) is 11.8. The van der Waals surface area contributed by atoms with Crippen LogP contribution in [0.15, 0.2) is 42.5 Å². The smallest absolute Gasteiger partial charge is 0.359 e. The van der Waals surface area contributed by atoms with E-state index >= 15 is 0 Å². The summed E-state index contributed by atoms with van der Waals surface area (Å²) in [5, 5.41) is 2.19. The zero-order valence-corrected chi connectivity index (χ0v) is 14.2. The van der Waals surface area contributed by atoms with Gasteiger partial charge in [-0.25, -0.2) is 0 Å². The van der Waals surface area contributed by atoms with Gasteiger partial charge in [0.05, 0.1) is 22.8 Å². The van der Waals surface area contributed by atoms with E-state index < -0.39 is 23.3 Å². The van der Waals surface area contributed by atoms with Crippen molar-refractivity contribution in [1.82, 2.24) is 0 Å². The number of para-hydroxylation sites is 2. The number of amides is 1. The lowest BCUT2D eigenvalue weighted by Gasteiger charge is -2.24. The lowest BCUT2D eigenvalue weighted by Crippen LogP contribution is -2.37. The number of carbonyl (C=O) groups excluding carboxylic acids is 1. The van der Waals surface area contributed by atoms with Crippen LogP contribution in [0, 0.1) is 0 Å². The zero-order valence-electron chi connectivity index (χ0n) is 13.4. The van der Waals surface area contributed by atoms with Crippen molar-refractivity contribution >= 4 is 28.9 Å². The van der Waals surface area contributed by atoms with Crippen LogP contribution in [0.25, 0.3) is 0 Å². The average Bonchev–Trinajstić information content (AvgIpc) is 2.84. The molecule has 0 bridgehead atoms. The van der Waals surface area contributed by atoms with E-state index in [1.165, 1.54) is 12.1 Å². The van der Waals surface area contributed by atoms with Crippen molar-refractivity contribution in [3.05, 3.63) is 58.6 Å². The van der Waals surface area contributed by atoms with Gasteiger partial charge in [-0.3, -0.25) is 4.79 Å². The van der Waals surface area contributed by atoms with Gasteiger partial charge in [-0.05, 0) is 37.1 Å². The highest BCUT2D eigenvalue weighted by molar-refractivity contribution is 6.34. The second-order valence-electron chi connectivity index (χ2n) is 6.02. The fourth-order valence-electron chi connectivity index (χ4n) is 3.09. The molecule has 0 saturated heterocycles. The minimum Gasteiger partial charge on any atom is -0.359 e. The molecule has 1 heterocycles. The molecule has 1 atom stereocenters. The van der Waals surface area contributed by atoms with Crippen LogP contribution in [0.4, 0.5) is 24.5 Å². The molecule has 0 spiro atoms. The van der Waals surface area contributed by atoms with Gasteiger partial charge in [-0.2, -0.15) is 13.2 Å². The van der Waals surface area contributed by atoms with Crippen LogP contribution in [0.5, 0.6) is 0 Å². The number of rotatable bonds is 3. The van der Waals surface area contributed by atoms with Gasteiger partial charge in [0.1, 0.15) is 0 Å². The van der Waals surface area contributed by atoms with E-state index in [0.717, 1.165) is 23.7 Å². The summed E-state index contributed by atoms with van der Waals surface area (Å²) in [6.45, 7) is 1.94. The number of carbonyl (C=O) groups is 1. The quantitative estimate of drug-likeness (QED) is 0.848. The molecule has 7 heteroatoms. The van der Waals surface area contributed by atoms with Gasteiger partial charge in [-0.1, -0.05) is 35.9 Å². The second-order valence-corrected chi connectivity index (χ2v) is 6.43. The molecule has 2 aromatic carbocycles. The molecule has 132 valence electrons. The van der Waals surface area contributed by atoms with E-state index in [2.05, 4.69) is 5.32 Å². The van der Waals surface area contributed by atoms with Crippen LogP contribution in [-0.4, -0.2) is 18.5 Å². The van der Waals surface area contributed by atoms with Gasteiger partial charge in [-0.15, -0.1) is 0 Å². The van der Waals surface area contributed by atoms with Crippen molar-refractivity contribution in [2.24, 2.45) is 0 Å². The van der Waals surface area contributed by atoms with Gasteiger partial charge < -0.3 is 10.2 Å². The number of fused-ring (bicyclic) bond motifs is 1. The van der Waals surface area contributed by atoms with Crippen molar-refractivity contribution in [3.8, 4) is 0 Å². The van der Waals surface area contributed by atoms with E-state index in [1.807, 2.05) is 36.1 Å². The first kappa shape index (κ1) is 17.6. The standard InChI is InChI=1S/C18H16ClF3N2O/c1-11-9-12-5-2-3-8-15(12)24(11)10-16(25)23-17-13(18(20,21)22)6-4-7-14(17)19/h2-8,11H,9-10H2,1H3,(H,23,25). The number of nitrogens with one attached hydrogen (secondary N) is 1. The molecule has 1 aliphatic rings. The van der Waals surface area contributed by atoms with Crippen molar-refractivity contribution in [3.63, 3.8) is 0 Å². The van der Waals surface area contributed by atoms with Crippen LogP contribution in [0.1, 0.15) is 18.1 Å². The summed E-state index contributed by atoms with van der Waals surface area (Å²) in [6.07, 6.45) is -3.80. The maximum absolute atomic E-state index is 13.1. The number of alkyl halides is 3. The number of nitrogens with zero attached hydrogens (tertiary/aromatic N) is 1. The highest BCUT2D eigenvalue weighted by Gasteiger charge is 2.35.